The van der Waals surface area contributed by atoms with E-state index < -0.39 is 0 Å². The second-order valence-electron chi connectivity index (χ2n) is 4.95. The number of benzene rings is 3. The molecule has 1 atom stereocenters. The summed E-state index contributed by atoms with van der Waals surface area (Å²) >= 11 is 3.86. The molecule has 0 aliphatic rings. The molecule has 3 rings (SSSR count). The van der Waals surface area contributed by atoms with Crippen LogP contribution in [0.5, 0.6) is 0 Å². The topological polar surface area (TPSA) is 0 Å². The molecule has 0 nitrogen and oxygen atoms in total. The molecule has 0 saturated carbocycles. The molecular formula is C20H18S2. The van der Waals surface area contributed by atoms with Crippen molar-refractivity contribution < 1.29 is 0 Å². The third-order valence-electron chi connectivity index (χ3n) is 3.34. The Hall–Kier alpha value is -1.64. The van der Waals surface area contributed by atoms with Crippen molar-refractivity contribution in [2.45, 2.75) is 15.0 Å². The van der Waals surface area contributed by atoms with E-state index in [1.165, 1.54) is 15.4 Å². The highest BCUT2D eigenvalue weighted by atomic mass is 32.2. The number of rotatable bonds is 6. The van der Waals surface area contributed by atoms with Gasteiger partial charge < -0.3 is 0 Å². The Morgan fingerprint density at radius 1 is 0.591 bits per heavy atom. The van der Waals surface area contributed by atoms with Gasteiger partial charge in [-0.3, -0.25) is 0 Å². The average Bonchev–Trinajstić information content (AvgIpc) is 2.61. The van der Waals surface area contributed by atoms with Gasteiger partial charge in [-0.25, -0.2) is 0 Å². The van der Waals surface area contributed by atoms with Crippen molar-refractivity contribution in [1.29, 1.82) is 0 Å². The SMILES string of the molecule is c1ccc(SCC(Sc2ccccc2)c2ccccc2)cc1. The van der Waals surface area contributed by atoms with E-state index in [4.69, 9.17) is 0 Å². The first kappa shape index (κ1) is 15.3. The van der Waals surface area contributed by atoms with E-state index >= 15 is 0 Å². The van der Waals surface area contributed by atoms with E-state index in [1.54, 1.807) is 0 Å². The molecule has 0 radical (unpaired) electrons. The summed E-state index contributed by atoms with van der Waals surface area (Å²) in [5.74, 6) is 1.06. The maximum atomic E-state index is 2.23. The average molecular weight is 322 g/mol. The molecule has 0 heterocycles. The Morgan fingerprint density at radius 2 is 1.09 bits per heavy atom. The van der Waals surface area contributed by atoms with E-state index in [2.05, 4.69) is 91.0 Å². The minimum Gasteiger partial charge on any atom is -0.125 e. The number of hydrogen-bond acceptors (Lipinski definition) is 2. The van der Waals surface area contributed by atoms with Gasteiger partial charge in [-0.1, -0.05) is 66.7 Å². The van der Waals surface area contributed by atoms with Crippen molar-refractivity contribution in [2.24, 2.45) is 0 Å². The molecule has 22 heavy (non-hydrogen) atoms. The molecule has 3 aromatic carbocycles. The smallest absolute Gasteiger partial charge is 0.0438 e. The zero-order valence-electron chi connectivity index (χ0n) is 12.3. The number of thioether (sulfide) groups is 2. The van der Waals surface area contributed by atoms with Crippen LogP contribution >= 0.6 is 23.5 Å². The molecule has 2 heteroatoms. The molecule has 0 N–H and O–H groups in total. The molecule has 110 valence electrons. The van der Waals surface area contributed by atoms with Gasteiger partial charge in [0.2, 0.25) is 0 Å². The minimum absolute atomic E-state index is 0.453. The second-order valence-corrected chi connectivity index (χ2v) is 7.32. The lowest BCUT2D eigenvalue weighted by atomic mass is 10.2. The summed E-state index contributed by atoms with van der Waals surface area (Å²) in [6.45, 7) is 0. The Kier molecular flexibility index (Phi) is 5.63. The first-order chi connectivity index (χ1) is 10.9. The summed E-state index contributed by atoms with van der Waals surface area (Å²) in [4.78, 5) is 2.65. The van der Waals surface area contributed by atoms with Crippen molar-refractivity contribution in [2.75, 3.05) is 5.75 Å². The summed E-state index contributed by atoms with van der Waals surface area (Å²) in [5.41, 5.74) is 1.39. The maximum absolute atomic E-state index is 2.23. The van der Waals surface area contributed by atoms with Gasteiger partial charge in [0, 0.05) is 20.8 Å². The summed E-state index contributed by atoms with van der Waals surface area (Å²) in [5, 5.41) is 0.453. The first-order valence-corrected chi connectivity index (χ1v) is 9.23. The van der Waals surface area contributed by atoms with Crippen LogP contribution in [0.25, 0.3) is 0 Å². The van der Waals surface area contributed by atoms with Gasteiger partial charge in [0.15, 0.2) is 0 Å². The number of hydrogen-bond donors (Lipinski definition) is 0. The van der Waals surface area contributed by atoms with Gasteiger partial charge in [-0.15, -0.1) is 23.5 Å². The third kappa shape index (κ3) is 4.43. The second kappa shape index (κ2) is 8.11. The van der Waals surface area contributed by atoms with E-state index in [1.807, 2.05) is 23.5 Å². The standard InChI is InChI=1S/C20H18S2/c1-4-10-17(11-5-1)20(22-19-14-8-3-9-15-19)16-21-18-12-6-2-7-13-18/h1-15,20H,16H2. The lowest BCUT2D eigenvalue weighted by Gasteiger charge is -2.17. The van der Waals surface area contributed by atoms with Crippen LogP contribution in [0.2, 0.25) is 0 Å². The van der Waals surface area contributed by atoms with Crippen molar-refractivity contribution >= 4 is 23.5 Å². The van der Waals surface area contributed by atoms with Crippen LogP contribution in [-0.2, 0) is 0 Å². The lowest BCUT2D eigenvalue weighted by Crippen LogP contribution is -1.97. The monoisotopic (exact) mass is 322 g/mol. The largest absolute Gasteiger partial charge is 0.125 e. The van der Waals surface area contributed by atoms with Crippen LogP contribution in [0.4, 0.5) is 0 Å². The summed E-state index contributed by atoms with van der Waals surface area (Å²) < 4.78 is 0. The molecule has 0 aliphatic heterocycles. The molecule has 0 fully saturated rings. The molecule has 0 amide bonds. The fraction of sp³-hybridized carbons (Fsp3) is 0.100. The van der Waals surface area contributed by atoms with Crippen molar-refractivity contribution in [3.8, 4) is 0 Å². The zero-order valence-corrected chi connectivity index (χ0v) is 13.9. The highest BCUT2D eigenvalue weighted by Gasteiger charge is 2.13. The summed E-state index contributed by atoms with van der Waals surface area (Å²) in [6.07, 6.45) is 0. The van der Waals surface area contributed by atoms with Crippen LogP contribution in [-0.4, -0.2) is 5.75 Å². The Bertz CT molecular complexity index is 666. The fourth-order valence-electron chi connectivity index (χ4n) is 2.22. The Balaban J connectivity index is 1.74. The molecule has 0 aromatic heterocycles. The quantitative estimate of drug-likeness (QED) is 0.488. The predicted octanol–water partition coefficient (Wildman–Crippen LogP) is 6.31. The highest BCUT2D eigenvalue weighted by Crippen LogP contribution is 2.38. The first-order valence-electron chi connectivity index (χ1n) is 7.36. The van der Waals surface area contributed by atoms with Gasteiger partial charge in [0.1, 0.15) is 0 Å². The molecule has 0 saturated heterocycles. The predicted molar refractivity (Wildman–Crippen MR) is 98.6 cm³/mol. The van der Waals surface area contributed by atoms with Gasteiger partial charge >= 0.3 is 0 Å². The van der Waals surface area contributed by atoms with Crippen LogP contribution in [0.1, 0.15) is 10.8 Å². The van der Waals surface area contributed by atoms with Crippen LogP contribution < -0.4 is 0 Å². The zero-order chi connectivity index (χ0) is 15.0. The summed E-state index contributed by atoms with van der Waals surface area (Å²) in [7, 11) is 0. The van der Waals surface area contributed by atoms with E-state index in [9.17, 15) is 0 Å². The van der Waals surface area contributed by atoms with E-state index in [0.29, 0.717) is 5.25 Å². The molecule has 0 spiro atoms. The Morgan fingerprint density at radius 3 is 1.68 bits per heavy atom. The Labute approximate surface area is 141 Å². The lowest BCUT2D eigenvalue weighted by molar-refractivity contribution is 1.11. The normalized spacial score (nSPS) is 12.0. The third-order valence-corrected chi connectivity index (χ3v) is 5.92. The van der Waals surface area contributed by atoms with Crippen molar-refractivity contribution in [3.63, 3.8) is 0 Å². The van der Waals surface area contributed by atoms with Crippen LogP contribution in [0, 0.1) is 0 Å². The van der Waals surface area contributed by atoms with Gasteiger partial charge in [-0.2, -0.15) is 0 Å². The molecular weight excluding hydrogens is 304 g/mol. The van der Waals surface area contributed by atoms with E-state index in [0.717, 1.165) is 5.75 Å². The minimum atomic E-state index is 0.453. The molecule has 0 aliphatic carbocycles. The molecule has 0 bridgehead atoms. The van der Waals surface area contributed by atoms with Crippen molar-refractivity contribution in [3.05, 3.63) is 96.6 Å². The fourth-order valence-corrected chi connectivity index (χ4v) is 4.52. The van der Waals surface area contributed by atoms with Gasteiger partial charge in [-0.05, 0) is 29.8 Å². The summed E-state index contributed by atoms with van der Waals surface area (Å²) in [6, 6.07) is 32.1. The van der Waals surface area contributed by atoms with Gasteiger partial charge in [0.05, 0.1) is 0 Å². The molecule has 3 aromatic rings. The highest BCUT2D eigenvalue weighted by molar-refractivity contribution is 8.03. The van der Waals surface area contributed by atoms with Crippen LogP contribution in [0.15, 0.2) is 101 Å². The van der Waals surface area contributed by atoms with Crippen molar-refractivity contribution in [1.82, 2.24) is 0 Å². The van der Waals surface area contributed by atoms with E-state index in [-0.39, 0.29) is 0 Å². The van der Waals surface area contributed by atoms with Gasteiger partial charge in [0.25, 0.3) is 0 Å². The maximum Gasteiger partial charge on any atom is 0.0438 e. The van der Waals surface area contributed by atoms with Crippen LogP contribution in [0.3, 0.4) is 0 Å². The molecule has 1 unspecified atom stereocenters.